The number of aliphatic hydroxyl groups is 1. The number of nitrogen functional groups attached to an aromatic ring is 1. The van der Waals surface area contributed by atoms with Crippen LogP contribution in [0.3, 0.4) is 0 Å². The van der Waals surface area contributed by atoms with Gasteiger partial charge in [-0.15, -0.1) is 0 Å². The maximum atomic E-state index is 12.0. The van der Waals surface area contributed by atoms with Crippen LogP contribution in [-0.2, 0) is 0 Å². The first-order valence-corrected chi connectivity index (χ1v) is 7.52. The lowest BCUT2D eigenvalue weighted by molar-refractivity contribution is -0.00786. The monoisotopic (exact) mass is 292 g/mol. The molecular formula is C16H24N2O3. The van der Waals surface area contributed by atoms with E-state index in [1.165, 1.54) is 12.1 Å². The van der Waals surface area contributed by atoms with Gasteiger partial charge in [0.1, 0.15) is 5.75 Å². The van der Waals surface area contributed by atoms with E-state index in [1.807, 2.05) is 0 Å². The normalized spacial score (nSPS) is 25.5. The fraction of sp³-hybridized carbons (Fsp3) is 0.562. The highest BCUT2D eigenvalue weighted by molar-refractivity contribution is 5.95. The molecule has 5 N–H and O–H groups in total. The van der Waals surface area contributed by atoms with E-state index in [2.05, 4.69) is 12.2 Å². The number of carbonyl (C=O) groups is 1. The minimum atomic E-state index is -0.808. The van der Waals surface area contributed by atoms with Gasteiger partial charge in [0.25, 0.3) is 5.91 Å². The van der Waals surface area contributed by atoms with Crippen molar-refractivity contribution in [2.24, 2.45) is 5.92 Å². The van der Waals surface area contributed by atoms with Crippen LogP contribution in [0.5, 0.6) is 5.75 Å². The molecule has 0 spiro atoms. The van der Waals surface area contributed by atoms with Gasteiger partial charge < -0.3 is 21.3 Å². The first kappa shape index (κ1) is 15.6. The van der Waals surface area contributed by atoms with Crippen molar-refractivity contribution in [3.63, 3.8) is 0 Å². The Kier molecular flexibility index (Phi) is 4.73. The second-order valence-corrected chi connectivity index (χ2v) is 6.03. The first-order chi connectivity index (χ1) is 9.93. The number of phenols is 1. The lowest BCUT2D eigenvalue weighted by atomic mass is 9.78. The molecule has 1 aromatic rings. The van der Waals surface area contributed by atoms with Crippen molar-refractivity contribution in [2.75, 3.05) is 12.3 Å². The number of hydrogen-bond acceptors (Lipinski definition) is 4. The molecule has 1 fully saturated rings. The van der Waals surface area contributed by atoms with Crippen LogP contribution in [0.1, 0.15) is 49.4 Å². The molecule has 1 aliphatic rings. The number of benzene rings is 1. The van der Waals surface area contributed by atoms with E-state index in [0.717, 1.165) is 32.1 Å². The highest BCUT2D eigenvalue weighted by atomic mass is 16.3. The Morgan fingerprint density at radius 3 is 2.67 bits per heavy atom. The van der Waals surface area contributed by atoms with Crippen molar-refractivity contribution in [1.82, 2.24) is 5.32 Å². The number of carbonyl (C=O) groups excluding carboxylic acids is 1. The molecule has 0 atom stereocenters. The maximum Gasteiger partial charge on any atom is 0.251 e. The molecule has 0 aliphatic heterocycles. The molecule has 116 valence electrons. The molecule has 0 heterocycles. The average Bonchev–Trinajstić information content (AvgIpc) is 2.48. The summed E-state index contributed by atoms with van der Waals surface area (Å²) in [5.41, 5.74) is 5.28. The van der Waals surface area contributed by atoms with Crippen LogP contribution in [0.25, 0.3) is 0 Å². The summed E-state index contributed by atoms with van der Waals surface area (Å²) in [6.07, 6.45) is 4.60. The molecule has 0 saturated heterocycles. The summed E-state index contributed by atoms with van der Waals surface area (Å²) < 4.78 is 0. The third kappa shape index (κ3) is 3.88. The number of rotatable bonds is 4. The van der Waals surface area contributed by atoms with Crippen molar-refractivity contribution in [3.05, 3.63) is 23.8 Å². The van der Waals surface area contributed by atoms with Gasteiger partial charge in [-0.1, -0.05) is 13.3 Å². The minimum Gasteiger partial charge on any atom is -0.506 e. The second kappa shape index (κ2) is 6.35. The van der Waals surface area contributed by atoms with Crippen molar-refractivity contribution >= 4 is 11.6 Å². The summed E-state index contributed by atoms with van der Waals surface area (Å²) in [5, 5.41) is 22.8. The second-order valence-electron chi connectivity index (χ2n) is 6.03. The predicted molar refractivity (Wildman–Crippen MR) is 82.1 cm³/mol. The number of aromatic hydroxyl groups is 1. The highest BCUT2D eigenvalue weighted by Gasteiger charge is 2.32. The van der Waals surface area contributed by atoms with Crippen LogP contribution in [-0.4, -0.2) is 28.3 Å². The van der Waals surface area contributed by atoms with Gasteiger partial charge in [-0.05, 0) is 49.8 Å². The van der Waals surface area contributed by atoms with E-state index in [9.17, 15) is 15.0 Å². The third-order valence-electron chi connectivity index (χ3n) is 4.48. The molecule has 5 nitrogen and oxygen atoms in total. The molecule has 0 bridgehead atoms. The van der Waals surface area contributed by atoms with Crippen LogP contribution in [0.2, 0.25) is 0 Å². The molecule has 0 radical (unpaired) electrons. The van der Waals surface area contributed by atoms with Crippen molar-refractivity contribution in [1.29, 1.82) is 0 Å². The summed E-state index contributed by atoms with van der Waals surface area (Å²) in [6.45, 7) is 2.41. The molecule has 5 heteroatoms. The van der Waals surface area contributed by atoms with E-state index < -0.39 is 5.60 Å². The van der Waals surface area contributed by atoms with Crippen LogP contribution >= 0.6 is 0 Å². The van der Waals surface area contributed by atoms with Gasteiger partial charge in [-0.2, -0.15) is 0 Å². The van der Waals surface area contributed by atoms with Gasteiger partial charge in [-0.25, -0.2) is 0 Å². The number of amides is 1. The zero-order valence-electron chi connectivity index (χ0n) is 12.4. The van der Waals surface area contributed by atoms with E-state index in [4.69, 9.17) is 5.73 Å². The van der Waals surface area contributed by atoms with Crippen molar-refractivity contribution in [2.45, 2.75) is 44.6 Å². The Morgan fingerprint density at radius 2 is 2.10 bits per heavy atom. The topological polar surface area (TPSA) is 95.6 Å². The van der Waals surface area contributed by atoms with E-state index in [-0.39, 0.29) is 23.9 Å². The standard InChI is InChI=1S/C16H24N2O3/c1-2-11-5-7-16(21,8-6-11)10-18-15(20)12-3-4-13(17)14(19)9-12/h3-4,9,11,19,21H,2,5-8,10,17H2,1H3,(H,18,20). The Hall–Kier alpha value is -1.75. The highest BCUT2D eigenvalue weighted by Crippen LogP contribution is 2.33. The number of phenolic OH excluding ortho intramolecular Hbond substituents is 1. The Labute approximate surface area is 125 Å². The molecule has 1 saturated carbocycles. The third-order valence-corrected chi connectivity index (χ3v) is 4.48. The minimum absolute atomic E-state index is 0.107. The molecular weight excluding hydrogens is 268 g/mol. The molecule has 1 amide bonds. The number of anilines is 1. The van der Waals surface area contributed by atoms with Crippen LogP contribution < -0.4 is 11.1 Å². The fourth-order valence-electron chi connectivity index (χ4n) is 2.83. The number of nitrogens with one attached hydrogen (secondary N) is 1. The largest absolute Gasteiger partial charge is 0.506 e. The predicted octanol–water partition coefficient (Wildman–Crippen LogP) is 2.04. The molecule has 2 rings (SSSR count). The molecule has 1 aromatic carbocycles. The zero-order chi connectivity index (χ0) is 15.5. The SMILES string of the molecule is CCC1CCC(O)(CNC(=O)c2ccc(N)c(O)c2)CC1. The lowest BCUT2D eigenvalue weighted by Crippen LogP contribution is -2.45. The van der Waals surface area contributed by atoms with Gasteiger partial charge in [0.05, 0.1) is 11.3 Å². The number of nitrogens with two attached hydrogens (primary N) is 1. The van der Waals surface area contributed by atoms with Crippen LogP contribution in [0.4, 0.5) is 5.69 Å². The van der Waals surface area contributed by atoms with Gasteiger partial charge in [0, 0.05) is 12.1 Å². The van der Waals surface area contributed by atoms with Gasteiger partial charge >= 0.3 is 0 Å². The molecule has 1 aliphatic carbocycles. The van der Waals surface area contributed by atoms with E-state index in [0.29, 0.717) is 11.5 Å². The first-order valence-electron chi connectivity index (χ1n) is 7.52. The Morgan fingerprint density at radius 1 is 1.43 bits per heavy atom. The molecule has 21 heavy (non-hydrogen) atoms. The van der Waals surface area contributed by atoms with E-state index >= 15 is 0 Å². The lowest BCUT2D eigenvalue weighted by Gasteiger charge is -2.35. The smallest absolute Gasteiger partial charge is 0.251 e. The summed E-state index contributed by atoms with van der Waals surface area (Å²) in [7, 11) is 0. The maximum absolute atomic E-state index is 12.0. The quantitative estimate of drug-likeness (QED) is 0.504. The summed E-state index contributed by atoms with van der Waals surface area (Å²) in [4.78, 5) is 12.0. The van der Waals surface area contributed by atoms with Crippen LogP contribution in [0.15, 0.2) is 18.2 Å². The van der Waals surface area contributed by atoms with Gasteiger partial charge in [-0.3, -0.25) is 4.79 Å². The summed E-state index contributed by atoms with van der Waals surface area (Å²) in [6, 6.07) is 4.39. The van der Waals surface area contributed by atoms with Crippen molar-refractivity contribution < 1.29 is 15.0 Å². The Bertz CT molecular complexity index is 508. The Balaban J connectivity index is 1.90. The van der Waals surface area contributed by atoms with Gasteiger partial charge in [0.2, 0.25) is 0 Å². The number of hydrogen-bond donors (Lipinski definition) is 4. The summed E-state index contributed by atoms with van der Waals surface area (Å²) >= 11 is 0. The summed E-state index contributed by atoms with van der Waals surface area (Å²) in [5.74, 6) is 0.274. The zero-order valence-corrected chi connectivity index (χ0v) is 12.4. The van der Waals surface area contributed by atoms with Crippen LogP contribution in [0, 0.1) is 5.92 Å². The van der Waals surface area contributed by atoms with Crippen molar-refractivity contribution in [3.8, 4) is 5.75 Å². The van der Waals surface area contributed by atoms with Gasteiger partial charge in [0.15, 0.2) is 0 Å². The van der Waals surface area contributed by atoms with E-state index in [1.54, 1.807) is 6.07 Å². The fourth-order valence-corrected chi connectivity index (χ4v) is 2.83. The molecule has 0 aromatic heterocycles. The average molecular weight is 292 g/mol. The molecule has 0 unspecified atom stereocenters.